The number of hydrogen-bond acceptors (Lipinski definition) is 13. The number of aryl methyl sites for hydroxylation is 2. The van der Waals surface area contributed by atoms with Crippen LogP contribution in [0.1, 0.15) is 36.6 Å². The number of fused-ring (bicyclic) bond motifs is 1. The zero-order chi connectivity index (χ0) is 40.5. The van der Waals surface area contributed by atoms with Crippen LogP contribution in [0.4, 0.5) is 10.7 Å². The van der Waals surface area contributed by atoms with E-state index < -0.39 is 44.6 Å². The summed E-state index contributed by atoms with van der Waals surface area (Å²) in [5.41, 5.74) is 0.777. The van der Waals surface area contributed by atoms with Crippen LogP contribution in [0.2, 0.25) is 15.1 Å². The van der Waals surface area contributed by atoms with Gasteiger partial charge in [-0.1, -0.05) is 40.9 Å². The first-order valence-corrected chi connectivity index (χ1v) is 17.1. The van der Waals surface area contributed by atoms with E-state index in [1.165, 1.54) is 46.6 Å². The van der Waals surface area contributed by atoms with E-state index in [2.05, 4.69) is 25.4 Å². The fourth-order valence-electron chi connectivity index (χ4n) is 4.28. The van der Waals surface area contributed by atoms with Crippen LogP contribution in [0, 0.1) is 6.92 Å². The van der Waals surface area contributed by atoms with Gasteiger partial charge in [-0.2, -0.15) is 23.5 Å². The van der Waals surface area contributed by atoms with Gasteiger partial charge < -0.3 is 29.5 Å². The molecule has 0 fully saturated rings. The summed E-state index contributed by atoms with van der Waals surface area (Å²) in [6, 6.07) is 8.24. The lowest BCUT2D eigenvalue weighted by atomic mass is 10.1. The molecule has 0 aliphatic heterocycles. The third-order valence-electron chi connectivity index (χ3n) is 6.55. The molecular weight excluding hydrogens is 801 g/mol. The van der Waals surface area contributed by atoms with E-state index in [0.29, 0.717) is 5.52 Å². The number of carbonyl (C=O) groups excluding carboxylic acids is 1. The number of amides is 2. The van der Waals surface area contributed by atoms with Gasteiger partial charge in [0.05, 0.1) is 54.2 Å². The number of anilines is 1. The average Bonchev–Trinajstić information content (AvgIpc) is 3.51. The summed E-state index contributed by atoms with van der Waals surface area (Å²) < 4.78 is 41.7. The van der Waals surface area contributed by atoms with Crippen LogP contribution < -0.4 is 24.2 Å². The number of nitrogens with one attached hydrogen (secondary N) is 2. The van der Waals surface area contributed by atoms with Gasteiger partial charge in [0.25, 0.3) is 10.0 Å². The minimum atomic E-state index is -4.53. The molecule has 0 bridgehead atoms. The first kappa shape index (κ1) is 42.5. The van der Waals surface area contributed by atoms with E-state index in [0.717, 1.165) is 21.8 Å². The zero-order valence-electron chi connectivity index (χ0n) is 28.4. The van der Waals surface area contributed by atoms with Gasteiger partial charge >= 0.3 is 23.9 Å². The Hall–Kier alpha value is -5.96. The minimum Gasteiger partial charge on any atom is -0.494 e. The number of carboxylic acid groups (broad SMARTS) is 3. The third kappa shape index (κ3) is 10.3. The summed E-state index contributed by atoms with van der Waals surface area (Å²) in [7, 11) is 0.671. The molecule has 23 heteroatoms. The van der Waals surface area contributed by atoms with Crippen molar-refractivity contribution in [2.75, 3.05) is 26.6 Å². The largest absolute Gasteiger partial charge is 0.494 e. The molecule has 54 heavy (non-hydrogen) atoms. The van der Waals surface area contributed by atoms with Gasteiger partial charge in [-0.3, -0.25) is 15.0 Å². The first-order chi connectivity index (χ1) is 25.3. The number of pyridine rings is 1. The standard InChI is InChI=1S/C12H14N6O7S.C11H8ClNO2.C8H6Cl2O3/c1-18-9(6(5-13-18)10(19)20)26(22,23)17-12(21)16-11-14-7(24-2)4-8(15-11)25-3;1-6-4-7-2-3-8(12)9(11(14)15)10(7)13-5-6;1-13-7-5(10)3-2-4(9)6(7)8(11)12/h4-5H,1-3H3,(H,19,20)(H2,14,15,16,17,21);2-5H,1H3,(H,14,15);2-3H,1H3,(H,11,12). The number of rotatable bonds is 9. The van der Waals surface area contributed by atoms with E-state index in [1.807, 2.05) is 13.0 Å². The molecule has 0 saturated carbocycles. The average molecular weight is 829 g/mol. The highest BCUT2D eigenvalue weighted by Gasteiger charge is 2.29. The summed E-state index contributed by atoms with van der Waals surface area (Å²) in [5.74, 6) is -3.81. The van der Waals surface area contributed by atoms with Crippen molar-refractivity contribution in [1.82, 2.24) is 29.5 Å². The summed E-state index contributed by atoms with van der Waals surface area (Å²) in [5, 5.41) is 33.1. The normalized spacial score (nSPS) is 10.5. The van der Waals surface area contributed by atoms with Gasteiger partial charge in [-0.25, -0.2) is 23.9 Å². The molecule has 286 valence electrons. The Morgan fingerprint density at radius 3 is 1.85 bits per heavy atom. The van der Waals surface area contributed by atoms with Crippen molar-refractivity contribution in [2.45, 2.75) is 11.9 Å². The maximum atomic E-state index is 12.3. The van der Waals surface area contributed by atoms with Crippen molar-refractivity contribution in [3.63, 3.8) is 0 Å². The Morgan fingerprint density at radius 2 is 1.33 bits per heavy atom. The number of halogens is 3. The SMILES string of the molecule is COc1c(Cl)ccc(Cl)c1C(=O)O.COc1cc(OC)nc(NC(=O)NS(=O)(=O)c2c(C(=O)O)cnn2C)n1.Cc1cnc2c(C(=O)O)c(Cl)ccc2c1. The summed E-state index contributed by atoms with van der Waals surface area (Å²) >= 11 is 17.2. The molecule has 19 nitrogen and oxygen atoms in total. The number of benzene rings is 2. The van der Waals surface area contributed by atoms with E-state index in [1.54, 1.807) is 23.1 Å². The highest BCUT2D eigenvalue weighted by atomic mass is 35.5. The van der Waals surface area contributed by atoms with Gasteiger partial charge in [-0.15, -0.1) is 0 Å². The van der Waals surface area contributed by atoms with E-state index in [9.17, 15) is 27.6 Å². The number of nitrogens with zero attached hydrogens (tertiary/aromatic N) is 5. The molecule has 0 spiro atoms. The molecule has 3 aromatic heterocycles. The Bertz CT molecular complexity index is 2340. The topological polar surface area (TPSA) is 271 Å². The molecule has 0 aliphatic carbocycles. The van der Waals surface area contributed by atoms with Crippen LogP contribution in [0.3, 0.4) is 0 Å². The van der Waals surface area contributed by atoms with Crippen molar-refractivity contribution in [1.29, 1.82) is 0 Å². The molecule has 0 saturated heterocycles. The molecule has 3 heterocycles. The number of aromatic nitrogens is 5. The maximum absolute atomic E-state index is 12.3. The fraction of sp³-hybridized carbons (Fsp3) is 0.161. The molecule has 5 aromatic rings. The van der Waals surface area contributed by atoms with E-state index in [4.69, 9.17) is 64.3 Å². The maximum Gasteiger partial charge on any atom is 0.341 e. The molecule has 2 amide bonds. The van der Waals surface area contributed by atoms with Crippen LogP contribution in [-0.2, 0) is 17.1 Å². The lowest BCUT2D eigenvalue weighted by Crippen LogP contribution is -2.36. The molecule has 0 unspecified atom stereocenters. The van der Waals surface area contributed by atoms with Crippen LogP contribution >= 0.6 is 34.8 Å². The molecule has 0 radical (unpaired) electrons. The summed E-state index contributed by atoms with van der Waals surface area (Å²) in [6.07, 6.45) is 2.48. The number of carboxylic acids is 3. The highest BCUT2D eigenvalue weighted by Crippen LogP contribution is 2.33. The van der Waals surface area contributed by atoms with Crippen LogP contribution in [-0.4, -0.2) is 93.7 Å². The lowest BCUT2D eigenvalue weighted by molar-refractivity contribution is 0.0682. The molecular formula is C31H28Cl3N7O12S. The number of ether oxygens (including phenoxy) is 3. The van der Waals surface area contributed by atoms with Crippen LogP contribution in [0.25, 0.3) is 10.9 Å². The van der Waals surface area contributed by atoms with E-state index >= 15 is 0 Å². The van der Waals surface area contributed by atoms with Gasteiger partial charge in [-0.05, 0) is 36.8 Å². The third-order valence-corrected chi connectivity index (χ3v) is 8.92. The molecule has 5 N–H and O–H groups in total. The Balaban J connectivity index is 0.000000237. The lowest BCUT2D eigenvalue weighted by Gasteiger charge is -2.10. The van der Waals surface area contributed by atoms with Gasteiger partial charge in [0.1, 0.15) is 16.7 Å². The van der Waals surface area contributed by atoms with Gasteiger partial charge in [0, 0.05) is 18.6 Å². The highest BCUT2D eigenvalue weighted by molar-refractivity contribution is 7.90. The predicted molar refractivity (Wildman–Crippen MR) is 193 cm³/mol. The number of hydrogen-bond donors (Lipinski definition) is 5. The first-order valence-electron chi connectivity index (χ1n) is 14.4. The second-order valence-electron chi connectivity index (χ2n) is 10.2. The van der Waals surface area contributed by atoms with Crippen molar-refractivity contribution in [3.8, 4) is 17.5 Å². The van der Waals surface area contributed by atoms with Crippen molar-refractivity contribution < 1.29 is 57.1 Å². The fourth-order valence-corrected chi connectivity index (χ4v) is 6.19. The summed E-state index contributed by atoms with van der Waals surface area (Å²) in [4.78, 5) is 56.5. The smallest absolute Gasteiger partial charge is 0.341 e. The molecule has 0 aliphatic rings. The Morgan fingerprint density at radius 1 is 0.778 bits per heavy atom. The quantitative estimate of drug-likeness (QED) is 0.130. The minimum absolute atomic E-state index is 0.0640. The number of sulfonamides is 1. The van der Waals surface area contributed by atoms with Crippen molar-refractivity contribution >= 4 is 85.6 Å². The number of carbonyl (C=O) groups is 4. The van der Waals surface area contributed by atoms with Crippen molar-refractivity contribution in [3.05, 3.63) is 86.1 Å². The van der Waals surface area contributed by atoms with Crippen molar-refractivity contribution in [2.24, 2.45) is 7.05 Å². The number of methoxy groups -OCH3 is 3. The van der Waals surface area contributed by atoms with Crippen LogP contribution in [0.5, 0.6) is 17.5 Å². The van der Waals surface area contributed by atoms with E-state index in [-0.39, 0.29) is 49.7 Å². The van der Waals surface area contributed by atoms with Gasteiger partial charge in [0.2, 0.25) is 17.7 Å². The Kier molecular flexibility index (Phi) is 14.3. The van der Waals surface area contributed by atoms with Gasteiger partial charge in [0.15, 0.2) is 10.8 Å². The Labute approximate surface area is 320 Å². The summed E-state index contributed by atoms with van der Waals surface area (Å²) in [6.45, 7) is 1.90. The van der Waals surface area contributed by atoms with Crippen LogP contribution in [0.15, 0.2) is 53.8 Å². The number of aromatic carboxylic acids is 3. The molecule has 0 atom stereocenters. The number of urea groups is 1. The predicted octanol–water partition coefficient (Wildman–Crippen LogP) is 5.03. The molecule has 2 aromatic carbocycles. The molecule has 5 rings (SSSR count). The zero-order valence-corrected chi connectivity index (χ0v) is 31.5. The second-order valence-corrected chi connectivity index (χ2v) is 13.0. The second kappa shape index (κ2) is 18.2. The monoisotopic (exact) mass is 827 g/mol.